The molecule has 0 aromatic heterocycles. The van der Waals surface area contributed by atoms with Crippen molar-refractivity contribution in [2.75, 3.05) is 0 Å². The van der Waals surface area contributed by atoms with Gasteiger partial charge in [-0.2, -0.15) is 0 Å². The summed E-state index contributed by atoms with van der Waals surface area (Å²) < 4.78 is 0. The summed E-state index contributed by atoms with van der Waals surface area (Å²) in [5.41, 5.74) is 0.562. The molecular weight excluding hydrogens is 256 g/mol. The molecule has 1 fully saturated rings. The van der Waals surface area contributed by atoms with Crippen LogP contribution in [0.5, 0.6) is 0 Å². The third-order valence-corrected chi connectivity index (χ3v) is 3.87. The van der Waals surface area contributed by atoms with Gasteiger partial charge in [-0.1, -0.05) is 36.8 Å². The third-order valence-electron chi connectivity index (χ3n) is 3.87. The zero-order chi connectivity index (χ0) is 14.5. The largest absolute Gasteiger partial charge is 0.479 e. The molecule has 1 aliphatic carbocycles. The molecule has 1 saturated carbocycles. The van der Waals surface area contributed by atoms with Gasteiger partial charge < -0.3 is 15.7 Å². The normalized spacial score (nSPS) is 17.6. The van der Waals surface area contributed by atoms with Gasteiger partial charge >= 0.3 is 12.0 Å². The number of carbonyl (C=O) groups is 2. The molecule has 3 N–H and O–H groups in total. The highest BCUT2D eigenvalue weighted by molar-refractivity contribution is 5.83. The molecule has 5 nitrogen and oxygen atoms in total. The molecule has 2 amide bonds. The van der Waals surface area contributed by atoms with Gasteiger partial charge in [0, 0.05) is 6.04 Å². The molecule has 0 radical (unpaired) electrons. The average Bonchev–Trinajstić information content (AvgIpc) is 2.34. The third kappa shape index (κ3) is 3.50. The first-order valence-corrected chi connectivity index (χ1v) is 6.92. The molecule has 2 rings (SSSR count). The van der Waals surface area contributed by atoms with E-state index in [1.807, 2.05) is 6.92 Å². The number of nitrogens with one attached hydrogen (secondary N) is 2. The number of benzene rings is 1. The van der Waals surface area contributed by atoms with E-state index < -0.39 is 18.0 Å². The Morgan fingerprint density at radius 1 is 1.20 bits per heavy atom. The van der Waals surface area contributed by atoms with Gasteiger partial charge in [-0.3, -0.25) is 0 Å². The zero-order valence-electron chi connectivity index (χ0n) is 11.5. The number of carboxylic acid groups (broad SMARTS) is 1. The summed E-state index contributed by atoms with van der Waals surface area (Å²) in [6.07, 6.45) is 3.46. The minimum atomic E-state index is -1.07. The van der Waals surface area contributed by atoms with Crippen molar-refractivity contribution in [3.63, 3.8) is 0 Å². The van der Waals surface area contributed by atoms with Gasteiger partial charge in [-0.15, -0.1) is 0 Å². The van der Waals surface area contributed by atoms with Crippen LogP contribution in [0.4, 0.5) is 4.79 Å². The molecule has 0 saturated heterocycles. The van der Waals surface area contributed by atoms with Crippen LogP contribution in [0.25, 0.3) is 0 Å². The maximum atomic E-state index is 11.9. The Labute approximate surface area is 118 Å². The number of carboxylic acids is 1. The van der Waals surface area contributed by atoms with Crippen molar-refractivity contribution in [3.8, 4) is 0 Å². The molecule has 20 heavy (non-hydrogen) atoms. The average molecular weight is 276 g/mol. The predicted octanol–water partition coefficient (Wildman–Crippen LogP) is 2.30. The molecule has 1 aromatic carbocycles. The second kappa shape index (κ2) is 6.41. The zero-order valence-corrected chi connectivity index (χ0v) is 11.5. The smallest absolute Gasteiger partial charge is 0.330 e. The summed E-state index contributed by atoms with van der Waals surface area (Å²) >= 11 is 0. The minimum Gasteiger partial charge on any atom is -0.479 e. The lowest BCUT2D eigenvalue weighted by Crippen LogP contribution is -2.47. The van der Waals surface area contributed by atoms with Crippen LogP contribution < -0.4 is 10.6 Å². The van der Waals surface area contributed by atoms with Gasteiger partial charge in [0.15, 0.2) is 6.04 Å². The Kier molecular flexibility index (Phi) is 4.61. The minimum absolute atomic E-state index is 0.0777. The van der Waals surface area contributed by atoms with E-state index in [2.05, 4.69) is 10.6 Å². The lowest BCUT2D eigenvalue weighted by Gasteiger charge is -2.32. The van der Waals surface area contributed by atoms with E-state index in [1.165, 1.54) is 6.42 Å². The predicted molar refractivity (Wildman–Crippen MR) is 75.3 cm³/mol. The lowest BCUT2D eigenvalue weighted by molar-refractivity contribution is -0.139. The van der Waals surface area contributed by atoms with Crippen LogP contribution in [0.1, 0.15) is 37.8 Å². The van der Waals surface area contributed by atoms with Gasteiger partial charge in [0.1, 0.15) is 0 Å². The monoisotopic (exact) mass is 276 g/mol. The van der Waals surface area contributed by atoms with Crippen LogP contribution in [0.3, 0.4) is 0 Å². The molecule has 108 valence electrons. The van der Waals surface area contributed by atoms with Crippen LogP contribution in [-0.2, 0) is 4.79 Å². The first-order chi connectivity index (χ1) is 9.58. The molecule has 0 heterocycles. The first kappa shape index (κ1) is 14.4. The van der Waals surface area contributed by atoms with E-state index in [-0.39, 0.29) is 6.04 Å². The maximum absolute atomic E-state index is 11.9. The Hall–Kier alpha value is -2.04. The molecule has 1 aliphatic rings. The lowest BCUT2D eigenvalue weighted by atomic mass is 9.80. The molecule has 0 spiro atoms. The number of hydrogen-bond donors (Lipinski definition) is 3. The van der Waals surface area contributed by atoms with Crippen LogP contribution in [-0.4, -0.2) is 23.1 Å². The van der Waals surface area contributed by atoms with E-state index in [1.54, 1.807) is 30.3 Å². The van der Waals surface area contributed by atoms with Crippen LogP contribution >= 0.6 is 0 Å². The Morgan fingerprint density at radius 3 is 2.35 bits per heavy atom. The SMILES string of the molecule is CC(NC(=O)NC(C(=O)O)c1ccccc1)C1CCC1. The molecule has 0 aliphatic heterocycles. The second-order valence-corrected chi connectivity index (χ2v) is 5.28. The highest BCUT2D eigenvalue weighted by Crippen LogP contribution is 2.29. The maximum Gasteiger partial charge on any atom is 0.330 e. The van der Waals surface area contributed by atoms with Gasteiger partial charge in [0.2, 0.25) is 0 Å². The highest BCUT2D eigenvalue weighted by Gasteiger charge is 2.27. The van der Waals surface area contributed by atoms with Crippen molar-refractivity contribution in [2.45, 2.75) is 38.3 Å². The molecule has 2 unspecified atom stereocenters. The number of hydrogen-bond acceptors (Lipinski definition) is 2. The number of aliphatic carboxylic acids is 1. The molecule has 2 atom stereocenters. The fraction of sp³-hybridized carbons (Fsp3) is 0.467. The van der Waals surface area contributed by atoms with Gasteiger partial charge in [0.05, 0.1) is 0 Å². The van der Waals surface area contributed by atoms with Crippen LogP contribution in [0.2, 0.25) is 0 Å². The quantitative estimate of drug-likeness (QED) is 0.772. The Bertz CT molecular complexity index is 471. The second-order valence-electron chi connectivity index (χ2n) is 5.28. The fourth-order valence-electron chi connectivity index (χ4n) is 2.37. The van der Waals surface area contributed by atoms with E-state index in [4.69, 9.17) is 0 Å². The van der Waals surface area contributed by atoms with Gasteiger partial charge in [-0.25, -0.2) is 9.59 Å². The number of carbonyl (C=O) groups excluding carboxylic acids is 1. The van der Waals surface area contributed by atoms with E-state index in [0.29, 0.717) is 11.5 Å². The van der Waals surface area contributed by atoms with E-state index in [9.17, 15) is 14.7 Å². The van der Waals surface area contributed by atoms with Gasteiger partial charge in [0.25, 0.3) is 0 Å². The van der Waals surface area contributed by atoms with Crippen molar-refractivity contribution in [1.82, 2.24) is 10.6 Å². The highest BCUT2D eigenvalue weighted by atomic mass is 16.4. The van der Waals surface area contributed by atoms with E-state index in [0.717, 1.165) is 12.8 Å². The number of urea groups is 1. The van der Waals surface area contributed by atoms with Crippen molar-refractivity contribution >= 4 is 12.0 Å². The molecule has 1 aromatic rings. The molecular formula is C15H20N2O3. The van der Waals surface area contributed by atoms with Crippen LogP contribution in [0, 0.1) is 5.92 Å². The van der Waals surface area contributed by atoms with Gasteiger partial charge in [-0.05, 0) is 31.2 Å². The van der Waals surface area contributed by atoms with E-state index >= 15 is 0 Å². The molecule has 5 heteroatoms. The summed E-state index contributed by atoms with van der Waals surface area (Å²) in [6, 6.07) is 7.31. The first-order valence-electron chi connectivity index (χ1n) is 6.92. The van der Waals surface area contributed by atoms with Crippen molar-refractivity contribution < 1.29 is 14.7 Å². The Morgan fingerprint density at radius 2 is 1.85 bits per heavy atom. The Balaban J connectivity index is 1.94. The van der Waals surface area contributed by atoms with Crippen molar-refractivity contribution in [3.05, 3.63) is 35.9 Å². The standard InChI is InChI=1S/C15H20N2O3/c1-10(11-8-5-9-11)16-15(20)17-13(14(18)19)12-6-3-2-4-7-12/h2-4,6-7,10-11,13H,5,8-9H2,1H3,(H,18,19)(H2,16,17,20). The topological polar surface area (TPSA) is 78.4 Å². The summed E-state index contributed by atoms with van der Waals surface area (Å²) in [4.78, 5) is 23.2. The number of amides is 2. The summed E-state index contributed by atoms with van der Waals surface area (Å²) in [6.45, 7) is 1.96. The molecule has 0 bridgehead atoms. The van der Waals surface area contributed by atoms with Crippen LogP contribution in [0.15, 0.2) is 30.3 Å². The summed E-state index contributed by atoms with van der Waals surface area (Å²) in [7, 11) is 0. The van der Waals surface area contributed by atoms with Crippen molar-refractivity contribution in [2.24, 2.45) is 5.92 Å². The summed E-state index contributed by atoms with van der Waals surface area (Å²) in [5, 5.41) is 14.6. The number of rotatable bonds is 5. The summed E-state index contributed by atoms with van der Waals surface area (Å²) in [5.74, 6) is -0.552. The van der Waals surface area contributed by atoms with Crippen molar-refractivity contribution in [1.29, 1.82) is 0 Å². The fourth-order valence-corrected chi connectivity index (χ4v) is 2.37.